The van der Waals surface area contributed by atoms with Gasteiger partial charge in [-0.2, -0.15) is 0 Å². The van der Waals surface area contributed by atoms with E-state index in [1.165, 1.54) is 0 Å². The van der Waals surface area contributed by atoms with Crippen molar-refractivity contribution in [2.45, 2.75) is 32.2 Å². The molecule has 4 N–H and O–H groups in total. The van der Waals surface area contributed by atoms with Crippen molar-refractivity contribution in [1.29, 1.82) is 0 Å². The number of unbranched alkanes of at least 4 members (excludes halogenated alkanes) is 1. The second-order valence-corrected chi connectivity index (χ2v) is 4.62. The van der Waals surface area contributed by atoms with Crippen molar-refractivity contribution in [1.82, 2.24) is 5.32 Å². The summed E-state index contributed by atoms with van der Waals surface area (Å²) in [5.74, 6) is 0. The van der Waals surface area contributed by atoms with Crippen molar-refractivity contribution in [3.63, 3.8) is 0 Å². The summed E-state index contributed by atoms with van der Waals surface area (Å²) in [5.41, 5.74) is 6.29. The molecule has 0 radical (unpaired) electrons. The maximum absolute atomic E-state index is 11.7. The minimum atomic E-state index is -0.246. The Morgan fingerprint density at radius 1 is 1.50 bits per heavy atom. The summed E-state index contributed by atoms with van der Waals surface area (Å²) in [6, 6.07) is 6.80. The molecule has 2 amide bonds. The number of hydrogen-bond donors (Lipinski definition) is 3. The minimum Gasteiger partial charge on any atom is -0.334 e. The molecule has 0 spiro atoms. The Hall–Kier alpha value is -1.26. The van der Waals surface area contributed by atoms with Crippen LogP contribution in [0.2, 0.25) is 5.02 Å². The van der Waals surface area contributed by atoms with Crippen molar-refractivity contribution in [3.05, 3.63) is 29.3 Å². The van der Waals surface area contributed by atoms with Crippen molar-refractivity contribution < 1.29 is 4.79 Å². The molecule has 100 valence electrons. The van der Waals surface area contributed by atoms with Crippen molar-refractivity contribution in [3.8, 4) is 0 Å². The Kier molecular flexibility index (Phi) is 6.54. The molecule has 1 unspecified atom stereocenters. The molecule has 0 saturated heterocycles. The van der Waals surface area contributed by atoms with Crippen LogP contribution in [-0.2, 0) is 0 Å². The SMILES string of the molecule is CCCCC(CN)NC(=O)Nc1cccc(Cl)c1. The summed E-state index contributed by atoms with van der Waals surface area (Å²) in [7, 11) is 0. The number of amides is 2. The highest BCUT2D eigenvalue weighted by Gasteiger charge is 2.10. The third kappa shape index (κ3) is 5.38. The summed E-state index contributed by atoms with van der Waals surface area (Å²) in [5, 5.41) is 6.18. The predicted octanol–water partition coefficient (Wildman–Crippen LogP) is 2.98. The molecule has 0 saturated carbocycles. The van der Waals surface area contributed by atoms with E-state index in [-0.39, 0.29) is 12.1 Å². The molecule has 18 heavy (non-hydrogen) atoms. The molecular formula is C13H20ClN3O. The molecular weight excluding hydrogens is 250 g/mol. The van der Waals surface area contributed by atoms with Gasteiger partial charge in [0.15, 0.2) is 0 Å². The number of carbonyl (C=O) groups is 1. The van der Waals surface area contributed by atoms with Crippen LogP contribution in [-0.4, -0.2) is 18.6 Å². The van der Waals surface area contributed by atoms with Crippen LogP contribution in [0.25, 0.3) is 0 Å². The van der Waals surface area contributed by atoms with E-state index in [9.17, 15) is 4.79 Å². The number of nitrogens with one attached hydrogen (secondary N) is 2. The van der Waals surface area contributed by atoms with Crippen molar-refractivity contribution >= 4 is 23.3 Å². The first kappa shape index (κ1) is 14.8. The number of anilines is 1. The van der Waals surface area contributed by atoms with Crippen LogP contribution in [0.3, 0.4) is 0 Å². The molecule has 0 heterocycles. The number of carbonyl (C=O) groups excluding carboxylic acids is 1. The maximum Gasteiger partial charge on any atom is 0.319 e. The summed E-state index contributed by atoms with van der Waals surface area (Å²) in [6.45, 7) is 2.56. The van der Waals surface area contributed by atoms with Crippen LogP contribution in [0.4, 0.5) is 10.5 Å². The summed E-state index contributed by atoms with van der Waals surface area (Å²) in [6.07, 6.45) is 3.05. The van der Waals surface area contributed by atoms with Gasteiger partial charge >= 0.3 is 6.03 Å². The number of rotatable bonds is 6. The zero-order valence-corrected chi connectivity index (χ0v) is 11.3. The lowest BCUT2D eigenvalue weighted by molar-refractivity contribution is 0.247. The first-order valence-corrected chi connectivity index (χ1v) is 6.56. The molecule has 0 fully saturated rings. The lowest BCUT2D eigenvalue weighted by Gasteiger charge is -2.17. The number of nitrogens with two attached hydrogens (primary N) is 1. The quantitative estimate of drug-likeness (QED) is 0.743. The van der Waals surface area contributed by atoms with Gasteiger partial charge in [0.25, 0.3) is 0 Å². The smallest absolute Gasteiger partial charge is 0.319 e. The Morgan fingerprint density at radius 3 is 2.89 bits per heavy atom. The van der Waals surface area contributed by atoms with Gasteiger partial charge in [-0.3, -0.25) is 0 Å². The molecule has 0 aliphatic carbocycles. The molecule has 5 heteroatoms. The van der Waals surface area contributed by atoms with E-state index in [4.69, 9.17) is 17.3 Å². The van der Waals surface area contributed by atoms with E-state index in [2.05, 4.69) is 17.6 Å². The topological polar surface area (TPSA) is 67.1 Å². The van der Waals surface area contributed by atoms with E-state index in [1.54, 1.807) is 24.3 Å². The van der Waals surface area contributed by atoms with Gasteiger partial charge in [-0.1, -0.05) is 37.4 Å². The molecule has 1 rings (SSSR count). The number of urea groups is 1. The van der Waals surface area contributed by atoms with Gasteiger partial charge < -0.3 is 16.4 Å². The second-order valence-electron chi connectivity index (χ2n) is 4.18. The fraction of sp³-hybridized carbons (Fsp3) is 0.462. The first-order chi connectivity index (χ1) is 8.65. The lowest BCUT2D eigenvalue weighted by atomic mass is 10.1. The van der Waals surface area contributed by atoms with Gasteiger partial charge in [0.1, 0.15) is 0 Å². The fourth-order valence-corrected chi connectivity index (χ4v) is 1.81. The number of halogens is 1. The molecule has 0 bridgehead atoms. The number of benzene rings is 1. The maximum atomic E-state index is 11.7. The van der Waals surface area contributed by atoms with E-state index < -0.39 is 0 Å². The monoisotopic (exact) mass is 269 g/mol. The van der Waals surface area contributed by atoms with Crippen LogP contribution < -0.4 is 16.4 Å². The fourth-order valence-electron chi connectivity index (χ4n) is 1.62. The van der Waals surface area contributed by atoms with Gasteiger partial charge in [0, 0.05) is 23.3 Å². The van der Waals surface area contributed by atoms with E-state index in [0.29, 0.717) is 17.3 Å². The zero-order valence-electron chi connectivity index (χ0n) is 10.6. The molecule has 1 aromatic rings. The van der Waals surface area contributed by atoms with Gasteiger partial charge in [0.2, 0.25) is 0 Å². The van der Waals surface area contributed by atoms with Gasteiger partial charge in [-0.25, -0.2) is 4.79 Å². The zero-order chi connectivity index (χ0) is 13.4. The standard InChI is InChI=1S/C13H20ClN3O/c1-2-3-6-12(9-15)17-13(18)16-11-7-4-5-10(14)8-11/h4-5,7-8,12H,2-3,6,9,15H2,1H3,(H2,16,17,18). The minimum absolute atomic E-state index is 0.0177. The molecule has 0 aliphatic rings. The molecule has 1 aromatic carbocycles. The van der Waals surface area contributed by atoms with Gasteiger partial charge in [0.05, 0.1) is 0 Å². The van der Waals surface area contributed by atoms with Crippen LogP contribution in [0, 0.1) is 0 Å². The van der Waals surface area contributed by atoms with Crippen LogP contribution >= 0.6 is 11.6 Å². The highest BCUT2D eigenvalue weighted by Crippen LogP contribution is 2.14. The van der Waals surface area contributed by atoms with E-state index in [1.807, 2.05) is 0 Å². The summed E-state index contributed by atoms with van der Waals surface area (Å²) < 4.78 is 0. The molecule has 0 aromatic heterocycles. The van der Waals surface area contributed by atoms with Crippen LogP contribution in [0.15, 0.2) is 24.3 Å². The van der Waals surface area contributed by atoms with Crippen LogP contribution in [0.5, 0.6) is 0 Å². The van der Waals surface area contributed by atoms with Crippen molar-refractivity contribution in [2.24, 2.45) is 5.73 Å². The van der Waals surface area contributed by atoms with E-state index in [0.717, 1.165) is 19.3 Å². The van der Waals surface area contributed by atoms with E-state index >= 15 is 0 Å². The normalized spacial score (nSPS) is 11.9. The summed E-state index contributed by atoms with van der Waals surface area (Å²) in [4.78, 5) is 11.7. The van der Waals surface area contributed by atoms with Crippen LogP contribution in [0.1, 0.15) is 26.2 Å². The Labute approximate surface area is 113 Å². The first-order valence-electron chi connectivity index (χ1n) is 6.19. The lowest BCUT2D eigenvalue weighted by Crippen LogP contribution is -2.42. The summed E-state index contributed by atoms with van der Waals surface area (Å²) >= 11 is 5.84. The third-order valence-electron chi connectivity index (χ3n) is 2.61. The third-order valence-corrected chi connectivity index (χ3v) is 2.84. The van der Waals surface area contributed by atoms with Crippen molar-refractivity contribution in [2.75, 3.05) is 11.9 Å². The Balaban J connectivity index is 2.45. The predicted molar refractivity (Wildman–Crippen MR) is 76.0 cm³/mol. The highest BCUT2D eigenvalue weighted by molar-refractivity contribution is 6.30. The van der Waals surface area contributed by atoms with Gasteiger partial charge in [-0.05, 0) is 24.6 Å². The molecule has 1 atom stereocenters. The Bertz CT molecular complexity index is 384. The largest absolute Gasteiger partial charge is 0.334 e. The Morgan fingerprint density at radius 2 is 2.28 bits per heavy atom. The second kappa shape index (κ2) is 7.95. The number of hydrogen-bond acceptors (Lipinski definition) is 2. The molecule has 4 nitrogen and oxygen atoms in total. The molecule has 0 aliphatic heterocycles. The average molecular weight is 270 g/mol. The van der Waals surface area contributed by atoms with Gasteiger partial charge in [-0.15, -0.1) is 0 Å². The average Bonchev–Trinajstić information content (AvgIpc) is 2.34. The highest BCUT2D eigenvalue weighted by atomic mass is 35.5.